The van der Waals surface area contributed by atoms with Gasteiger partial charge in [-0.2, -0.15) is 0 Å². The fraction of sp³-hybridized carbons (Fsp3) is 0.200. The summed E-state index contributed by atoms with van der Waals surface area (Å²) in [5.74, 6) is 0.469. The van der Waals surface area contributed by atoms with Crippen molar-refractivity contribution < 1.29 is 9.53 Å². The molecule has 1 aliphatic heterocycles. The van der Waals surface area contributed by atoms with Crippen molar-refractivity contribution in [2.75, 3.05) is 6.54 Å². The monoisotopic (exact) mass is 288 g/mol. The van der Waals surface area contributed by atoms with E-state index in [1.165, 1.54) is 0 Å². The number of benzene rings is 1. The fourth-order valence-corrected chi connectivity index (χ4v) is 2.21. The number of amides is 1. The maximum absolute atomic E-state index is 11.6. The number of pyridine rings is 1. The predicted octanol–water partition coefficient (Wildman–Crippen LogP) is 2.60. The Morgan fingerprint density at radius 2 is 2.00 bits per heavy atom. The van der Waals surface area contributed by atoms with Gasteiger partial charge in [-0.3, -0.25) is 4.79 Å². The highest BCUT2D eigenvalue weighted by molar-refractivity contribution is 6.30. The zero-order valence-corrected chi connectivity index (χ0v) is 11.5. The van der Waals surface area contributed by atoms with Gasteiger partial charge in [-0.15, -0.1) is 0 Å². The van der Waals surface area contributed by atoms with Crippen LogP contribution in [0.1, 0.15) is 21.6 Å². The Kier molecular flexibility index (Phi) is 3.56. The van der Waals surface area contributed by atoms with Gasteiger partial charge in [0.1, 0.15) is 6.61 Å². The Morgan fingerprint density at radius 1 is 1.20 bits per heavy atom. The number of aromatic nitrogens is 1. The molecular formula is C15H13ClN2O2. The molecule has 2 aromatic rings. The van der Waals surface area contributed by atoms with Crippen LogP contribution in [0.3, 0.4) is 0 Å². The molecule has 3 rings (SSSR count). The van der Waals surface area contributed by atoms with Crippen molar-refractivity contribution >= 4 is 17.5 Å². The predicted molar refractivity (Wildman–Crippen MR) is 76.1 cm³/mol. The number of halogens is 1. The van der Waals surface area contributed by atoms with Crippen LogP contribution in [0.4, 0.5) is 0 Å². The molecule has 1 aromatic carbocycles. The molecule has 1 N–H and O–H groups in total. The van der Waals surface area contributed by atoms with Crippen LogP contribution in [0.5, 0.6) is 5.88 Å². The van der Waals surface area contributed by atoms with Crippen molar-refractivity contribution in [3.63, 3.8) is 0 Å². The molecule has 4 nitrogen and oxygen atoms in total. The lowest BCUT2D eigenvalue weighted by molar-refractivity contribution is 0.0944. The Balaban J connectivity index is 1.72. The van der Waals surface area contributed by atoms with E-state index in [9.17, 15) is 4.79 Å². The molecule has 102 valence electrons. The second-order valence-electron chi connectivity index (χ2n) is 4.56. The lowest BCUT2D eigenvalue weighted by atomic mass is 10.1. The Hall–Kier alpha value is -2.07. The summed E-state index contributed by atoms with van der Waals surface area (Å²) in [4.78, 5) is 16.0. The van der Waals surface area contributed by atoms with Gasteiger partial charge in [0.25, 0.3) is 5.91 Å². The highest BCUT2D eigenvalue weighted by Crippen LogP contribution is 2.18. The SMILES string of the molecule is O=C1NCCc2nc(OCc3ccc(Cl)cc3)ccc21. The van der Waals surface area contributed by atoms with E-state index in [4.69, 9.17) is 16.3 Å². The summed E-state index contributed by atoms with van der Waals surface area (Å²) in [6, 6.07) is 11.0. The molecular weight excluding hydrogens is 276 g/mol. The molecule has 0 bridgehead atoms. The Morgan fingerprint density at radius 3 is 2.80 bits per heavy atom. The molecule has 0 aliphatic carbocycles. The molecule has 2 heterocycles. The van der Waals surface area contributed by atoms with Crippen LogP contribution in [-0.4, -0.2) is 17.4 Å². The third kappa shape index (κ3) is 2.75. The van der Waals surface area contributed by atoms with Crippen molar-refractivity contribution in [1.82, 2.24) is 10.3 Å². The number of nitrogens with one attached hydrogen (secondary N) is 1. The van der Waals surface area contributed by atoms with Gasteiger partial charge >= 0.3 is 0 Å². The maximum Gasteiger partial charge on any atom is 0.253 e. The first-order valence-corrected chi connectivity index (χ1v) is 6.75. The molecule has 0 spiro atoms. The number of hydrogen-bond donors (Lipinski definition) is 1. The van der Waals surface area contributed by atoms with Crippen molar-refractivity contribution in [1.29, 1.82) is 0 Å². The first kappa shape index (κ1) is 12.9. The van der Waals surface area contributed by atoms with E-state index < -0.39 is 0 Å². The van der Waals surface area contributed by atoms with Gasteiger partial charge in [0.05, 0.1) is 11.3 Å². The third-order valence-corrected chi connectivity index (χ3v) is 3.39. The van der Waals surface area contributed by atoms with E-state index in [1.54, 1.807) is 12.1 Å². The molecule has 0 saturated carbocycles. The number of ether oxygens (including phenoxy) is 1. The minimum Gasteiger partial charge on any atom is -0.473 e. The summed E-state index contributed by atoms with van der Waals surface area (Å²) in [5, 5.41) is 3.49. The molecule has 1 aliphatic rings. The normalized spacial score (nSPS) is 13.6. The van der Waals surface area contributed by atoms with Gasteiger partial charge in [-0.05, 0) is 23.8 Å². The minimum absolute atomic E-state index is 0.0667. The first-order chi connectivity index (χ1) is 9.72. The van der Waals surface area contributed by atoms with Crippen LogP contribution in [0.25, 0.3) is 0 Å². The van der Waals surface area contributed by atoms with Crippen LogP contribution in [-0.2, 0) is 13.0 Å². The standard InChI is InChI=1S/C15H13ClN2O2/c16-11-3-1-10(2-4-11)9-20-14-6-5-12-13(18-14)7-8-17-15(12)19/h1-6H,7-9H2,(H,17,19). The van der Waals surface area contributed by atoms with Gasteiger partial charge in [-0.1, -0.05) is 23.7 Å². The number of carbonyl (C=O) groups excluding carboxylic acids is 1. The van der Waals surface area contributed by atoms with Crippen LogP contribution in [0.2, 0.25) is 5.02 Å². The van der Waals surface area contributed by atoms with Gasteiger partial charge in [0.2, 0.25) is 5.88 Å². The van der Waals surface area contributed by atoms with E-state index in [1.807, 2.05) is 24.3 Å². The van der Waals surface area contributed by atoms with Crippen LogP contribution >= 0.6 is 11.6 Å². The summed E-state index contributed by atoms with van der Waals surface area (Å²) in [6.07, 6.45) is 0.735. The number of fused-ring (bicyclic) bond motifs is 1. The lowest BCUT2D eigenvalue weighted by Crippen LogP contribution is -2.32. The minimum atomic E-state index is -0.0667. The molecule has 0 saturated heterocycles. The summed E-state index contributed by atoms with van der Waals surface area (Å²) < 4.78 is 5.65. The second-order valence-corrected chi connectivity index (χ2v) is 5.00. The topological polar surface area (TPSA) is 51.2 Å². The summed E-state index contributed by atoms with van der Waals surface area (Å²) in [5.41, 5.74) is 2.45. The average Bonchev–Trinajstić information content (AvgIpc) is 2.47. The average molecular weight is 289 g/mol. The van der Waals surface area contributed by atoms with E-state index in [2.05, 4.69) is 10.3 Å². The molecule has 0 radical (unpaired) electrons. The molecule has 1 amide bonds. The smallest absolute Gasteiger partial charge is 0.253 e. The van der Waals surface area contributed by atoms with Gasteiger partial charge in [-0.25, -0.2) is 4.98 Å². The van der Waals surface area contributed by atoms with E-state index in [0.29, 0.717) is 29.6 Å². The molecule has 1 aromatic heterocycles. The molecule has 20 heavy (non-hydrogen) atoms. The number of rotatable bonds is 3. The zero-order valence-electron chi connectivity index (χ0n) is 10.7. The second kappa shape index (κ2) is 5.51. The van der Waals surface area contributed by atoms with Gasteiger partial charge in [0.15, 0.2) is 0 Å². The zero-order chi connectivity index (χ0) is 13.9. The summed E-state index contributed by atoms with van der Waals surface area (Å²) >= 11 is 5.83. The highest BCUT2D eigenvalue weighted by Gasteiger charge is 2.18. The maximum atomic E-state index is 11.6. The highest BCUT2D eigenvalue weighted by atomic mass is 35.5. The fourth-order valence-electron chi connectivity index (χ4n) is 2.09. The van der Waals surface area contributed by atoms with E-state index in [0.717, 1.165) is 17.7 Å². The van der Waals surface area contributed by atoms with Crippen molar-refractivity contribution in [2.24, 2.45) is 0 Å². The summed E-state index contributed by atoms with van der Waals surface area (Å²) in [6.45, 7) is 1.05. The first-order valence-electron chi connectivity index (χ1n) is 6.38. The van der Waals surface area contributed by atoms with Crippen LogP contribution in [0.15, 0.2) is 36.4 Å². The van der Waals surface area contributed by atoms with E-state index in [-0.39, 0.29) is 5.91 Å². The Bertz CT molecular complexity index is 641. The number of nitrogens with zero attached hydrogens (tertiary/aromatic N) is 1. The van der Waals surface area contributed by atoms with Crippen LogP contribution in [0, 0.1) is 0 Å². The van der Waals surface area contributed by atoms with Crippen LogP contribution < -0.4 is 10.1 Å². The largest absolute Gasteiger partial charge is 0.473 e. The molecule has 0 fully saturated rings. The third-order valence-electron chi connectivity index (χ3n) is 3.14. The number of hydrogen-bond acceptors (Lipinski definition) is 3. The molecule has 5 heteroatoms. The Labute approximate surface area is 121 Å². The summed E-state index contributed by atoms with van der Waals surface area (Å²) in [7, 11) is 0. The van der Waals surface area contributed by atoms with Crippen molar-refractivity contribution in [2.45, 2.75) is 13.0 Å². The van der Waals surface area contributed by atoms with Gasteiger partial charge in [0, 0.05) is 24.1 Å². The lowest BCUT2D eigenvalue weighted by Gasteiger charge is -2.16. The molecule has 0 atom stereocenters. The van der Waals surface area contributed by atoms with E-state index >= 15 is 0 Å². The number of carbonyl (C=O) groups is 1. The van der Waals surface area contributed by atoms with Gasteiger partial charge < -0.3 is 10.1 Å². The molecule has 0 unspecified atom stereocenters. The van der Waals surface area contributed by atoms with Crippen molar-refractivity contribution in [3.05, 3.63) is 58.2 Å². The quantitative estimate of drug-likeness (QED) is 0.944. The van der Waals surface area contributed by atoms with Crippen molar-refractivity contribution in [3.8, 4) is 5.88 Å².